The Morgan fingerprint density at radius 1 is 0.765 bits per heavy atom. The van der Waals surface area contributed by atoms with Crippen molar-refractivity contribution in [3.05, 3.63) is 131 Å². The number of aliphatic imine (C=N–C) groups is 1. The monoisotopic (exact) mass is 447 g/mol. The average Bonchev–Trinajstić information content (AvgIpc) is 2.88. The van der Waals surface area contributed by atoms with Gasteiger partial charge in [-0.1, -0.05) is 106 Å². The lowest BCUT2D eigenvalue weighted by molar-refractivity contribution is 0.959. The molecule has 0 radical (unpaired) electrons. The van der Waals surface area contributed by atoms with Gasteiger partial charge in [0, 0.05) is 12.3 Å². The second-order valence-electron chi connectivity index (χ2n) is 8.68. The zero-order valence-corrected chi connectivity index (χ0v) is 21.2. The van der Waals surface area contributed by atoms with Crippen molar-refractivity contribution in [3.8, 4) is 0 Å². The molecule has 0 aromatic heterocycles. The molecule has 3 aromatic rings. The Morgan fingerprint density at radius 3 is 2.03 bits per heavy atom. The van der Waals surface area contributed by atoms with Crippen molar-refractivity contribution in [1.82, 2.24) is 0 Å². The Labute approximate surface area is 206 Å². The van der Waals surface area contributed by atoms with Crippen LogP contribution in [-0.4, -0.2) is 12.3 Å². The molecule has 0 aliphatic carbocycles. The van der Waals surface area contributed by atoms with Crippen molar-refractivity contribution in [1.29, 1.82) is 0 Å². The lowest BCUT2D eigenvalue weighted by Gasteiger charge is -2.20. The van der Waals surface area contributed by atoms with Crippen molar-refractivity contribution >= 4 is 16.9 Å². The number of aryl methyl sites for hydroxylation is 2. The summed E-state index contributed by atoms with van der Waals surface area (Å²) >= 11 is 0. The van der Waals surface area contributed by atoms with Crippen LogP contribution in [0.2, 0.25) is 0 Å². The molecule has 34 heavy (non-hydrogen) atoms. The van der Waals surface area contributed by atoms with E-state index in [1.807, 2.05) is 6.07 Å². The number of allylic oxidation sites excluding steroid dienone is 3. The number of hydrogen-bond acceptors (Lipinski definition) is 1. The lowest BCUT2D eigenvalue weighted by atomic mass is 9.85. The fourth-order valence-corrected chi connectivity index (χ4v) is 4.49. The van der Waals surface area contributed by atoms with Gasteiger partial charge in [0.1, 0.15) is 0 Å². The van der Waals surface area contributed by atoms with Crippen LogP contribution in [0, 0.1) is 6.92 Å². The fraction of sp³-hybridized carbons (Fsp3) is 0.242. The highest BCUT2D eigenvalue weighted by Crippen LogP contribution is 2.35. The van der Waals surface area contributed by atoms with Gasteiger partial charge in [-0.15, -0.1) is 0 Å². The highest BCUT2D eigenvalue weighted by Gasteiger charge is 2.15. The quantitative estimate of drug-likeness (QED) is 0.217. The van der Waals surface area contributed by atoms with E-state index in [9.17, 15) is 0 Å². The van der Waals surface area contributed by atoms with E-state index in [1.165, 1.54) is 39.0 Å². The zero-order chi connectivity index (χ0) is 24.5. The Kier molecular flexibility index (Phi) is 8.99. The molecular formula is C33H37N. The van der Waals surface area contributed by atoms with Gasteiger partial charge in [-0.25, -0.2) is 0 Å². The van der Waals surface area contributed by atoms with Crippen molar-refractivity contribution in [3.63, 3.8) is 0 Å². The molecule has 0 atom stereocenters. The normalized spacial score (nSPS) is 12.3. The fourth-order valence-electron chi connectivity index (χ4n) is 4.49. The van der Waals surface area contributed by atoms with Crippen LogP contribution in [-0.2, 0) is 6.42 Å². The average molecular weight is 448 g/mol. The van der Waals surface area contributed by atoms with Gasteiger partial charge in [-0.3, -0.25) is 4.99 Å². The van der Waals surface area contributed by atoms with Crippen molar-refractivity contribution in [2.45, 2.75) is 47.0 Å². The summed E-state index contributed by atoms with van der Waals surface area (Å²) < 4.78 is 0. The van der Waals surface area contributed by atoms with Crippen molar-refractivity contribution in [2.75, 3.05) is 6.54 Å². The predicted octanol–water partition coefficient (Wildman–Crippen LogP) is 8.89. The number of nitrogens with zero attached hydrogens (tertiary/aromatic N) is 1. The van der Waals surface area contributed by atoms with Crippen LogP contribution in [0.3, 0.4) is 0 Å². The summed E-state index contributed by atoms with van der Waals surface area (Å²) in [6.07, 6.45) is 2.72. The van der Waals surface area contributed by atoms with Gasteiger partial charge in [-0.2, -0.15) is 0 Å². The minimum atomic E-state index is 0.721. The maximum absolute atomic E-state index is 5.01. The summed E-state index contributed by atoms with van der Waals surface area (Å²) in [7, 11) is 0. The highest BCUT2D eigenvalue weighted by atomic mass is 14.7. The number of hydrogen-bond donors (Lipinski definition) is 0. The first-order chi connectivity index (χ1) is 16.5. The van der Waals surface area contributed by atoms with E-state index in [2.05, 4.69) is 114 Å². The van der Waals surface area contributed by atoms with E-state index in [-0.39, 0.29) is 0 Å². The summed E-state index contributed by atoms with van der Waals surface area (Å²) in [5.74, 6) is 0. The molecule has 0 spiro atoms. The second kappa shape index (κ2) is 12.1. The van der Waals surface area contributed by atoms with Gasteiger partial charge in [0.25, 0.3) is 0 Å². The molecule has 0 aliphatic heterocycles. The molecule has 174 valence electrons. The molecule has 3 aromatic carbocycles. The van der Waals surface area contributed by atoms with Gasteiger partial charge in [0.15, 0.2) is 0 Å². The summed E-state index contributed by atoms with van der Waals surface area (Å²) in [4.78, 5) is 5.01. The molecule has 0 aliphatic rings. The van der Waals surface area contributed by atoms with Gasteiger partial charge in [0.2, 0.25) is 0 Å². The van der Waals surface area contributed by atoms with E-state index in [1.54, 1.807) is 0 Å². The largest absolute Gasteiger partial charge is 0.289 e. The predicted molar refractivity (Wildman–Crippen MR) is 151 cm³/mol. The van der Waals surface area contributed by atoms with Crippen LogP contribution >= 0.6 is 0 Å². The Bertz CT molecular complexity index is 1210. The highest BCUT2D eigenvalue weighted by molar-refractivity contribution is 6.00. The van der Waals surface area contributed by atoms with E-state index >= 15 is 0 Å². The van der Waals surface area contributed by atoms with E-state index in [4.69, 9.17) is 4.99 Å². The van der Waals surface area contributed by atoms with E-state index in [0.717, 1.165) is 42.7 Å². The molecule has 0 unspecified atom stereocenters. The topological polar surface area (TPSA) is 12.4 Å². The molecule has 1 nitrogen and oxygen atoms in total. The van der Waals surface area contributed by atoms with Crippen molar-refractivity contribution in [2.24, 2.45) is 4.99 Å². The van der Waals surface area contributed by atoms with Crippen LogP contribution in [0.25, 0.3) is 11.1 Å². The molecule has 0 saturated heterocycles. The minimum Gasteiger partial charge on any atom is -0.289 e. The second-order valence-corrected chi connectivity index (χ2v) is 8.68. The SMILES string of the molecule is C=C(/C(C)=C(/CCN=C(CC)c1ccccc1)C(=C)c1ccccc1CC)c1ccccc1C. The van der Waals surface area contributed by atoms with Crippen LogP contribution in [0.1, 0.15) is 61.4 Å². The van der Waals surface area contributed by atoms with Gasteiger partial charge >= 0.3 is 0 Å². The van der Waals surface area contributed by atoms with Gasteiger partial charge < -0.3 is 0 Å². The number of benzene rings is 3. The minimum absolute atomic E-state index is 0.721. The molecule has 1 heteroatoms. The smallest absolute Gasteiger partial charge is 0.0433 e. The van der Waals surface area contributed by atoms with Crippen molar-refractivity contribution < 1.29 is 0 Å². The zero-order valence-electron chi connectivity index (χ0n) is 21.2. The molecule has 0 heterocycles. The van der Waals surface area contributed by atoms with E-state index in [0.29, 0.717) is 0 Å². The molecule has 0 fully saturated rings. The molecule has 0 saturated carbocycles. The third-order valence-corrected chi connectivity index (χ3v) is 6.57. The Morgan fingerprint density at radius 2 is 1.38 bits per heavy atom. The Hall–Kier alpha value is -3.45. The lowest BCUT2D eigenvalue weighted by Crippen LogP contribution is -2.04. The Balaban J connectivity index is 2.00. The first-order valence-corrected chi connectivity index (χ1v) is 12.3. The summed E-state index contributed by atoms with van der Waals surface area (Å²) in [5.41, 5.74) is 11.9. The molecular weight excluding hydrogens is 410 g/mol. The summed E-state index contributed by atoms with van der Waals surface area (Å²) in [5, 5.41) is 0. The van der Waals surface area contributed by atoms with E-state index < -0.39 is 0 Å². The molecule has 0 amide bonds. The number of rotatable bonds is 10. The summed E-state index contributed by atoms with van der Waals surface area (Å²) in [6.45, 7) is 18.5. The third kappa shape index (κ3) is 5.91. The maximum Gasteiger partial charge on any atom is 0.0433 e. The molecule has 0 N–H and O–H groups in total. The van der Waals surface area contributed by atoms with Crippen LogP contribution in [0.15, 0.2) is 108 Å². The molecule has 3 rings (SSSR count). The maximum atomic E-state index is 5.01. The first kappa shape index (κ1) is 25.2. The van der Waals surface area contributed by atoms with Gasteiger partial charge in [0.05, 0.1) is 0 Å². The third-order valence-electron chi connectivity index (χ3n) is 6.57. The van der Waals surface area contributed by atoms with Gasteiger partial charge in [-0.05, 0) is 83.2 Å². The summed E-state index contributed by atoms with van der Waals surface area (Å²) in [6, 6.07) is 27.5. The molecule has 0 bridgehead atoms. The van der Waals surface area contributed by atoms with Crippen LogP contribution < -0.4 is 0 Å². The first-order valence-electron chi connectivity index (χ1n) is 12.3. The van der Waals surface area contributed by atoms with Crippen LogP contribution in [0.4, 0.5) is 0 Å². The van der Waals surface area contributed by atoms with Crippen LogP contribution in [0.5, 0.6) is 0 Å². The standard InChI is InChI=1S/C33H37N/c1-7-28-17-13-15-21-32(28)27(6)31(26(5)25(4)30-20-14-12-16-24(30)3)22-23-34-33(8-2)29-18-10-9-11-19-29/h9-21H,4,6-8,22-23H2,1-3,5H3/b31-26-,34-33?.